The van der Waals surface area contributed by atoms with Crippen LogP contribution in [0.4, 0.5) is 5.69 Å². The molecule has 2 amide bonds. The predicted molar refractivity (Wildman–Crippen MR) is 180 cm³/mol. The lowest BCUT2D eigenvalue weighted by molar-refractivity contribution is -0.141. The highest BCUT2D eigenvalue weighted by molar-refractivity contribution is 7.92. The molecule has 1 N–H and O–H groups in total. The van der Waals surface area contributed by atoms with Gasteiger partial charge >= 0.3 is 0 Å². The van der Waals surface area contributed by atoms with Crippen molar-refractivity contribution in [1.82, 2.24) is 10.2 Å². The highest BCUT2D eigenvalue weighted by atomic mass is 35.5. The Balaban J connectivity index is 1.60. The van der Waals surface area contributed by atoms with Crippen LogP contribution in [0.3, 0.4) is 0 Å². The van der Waals surface area contributed by atoms with Gasteiger partial charge < -0.3 is 15.0 Å². The molecule has 4 rings (SSSR count). The molecule has 242 valence electrons. The van der Waals surface area contributed by atoms with Gasteiger partial charge in [-0.05, 0) is 54.7 Å². The largest absolute Gasteiger partial charge is 0.495 e. The van der Waals surface area contributed by atoms with Crippen LogP contribution < -0.4 is 14.4 Å². The van der Waals surface area contributed by atoms with E-state index < -0.39 is 16.1 Å². The van der Waals surface area contributed by atoms with Crippen molar-refractivity contribution in [2.75, 3.05) is 24.2 Å². The van der Waals surface area contributed by atoms with Gasteiger partial charge in [-0.3, -0.25) is 13.9 Å². The number of halogens is 2. The first kappa shape index (κ1) is 34.6. The number of amides is 2. The molecule has 0 bridgehead atoms. The van der Waals surface area contributed by atoms with E-state index in [2.05, 4.69) is 5.32 Å². The smallest absolute Gasteiger partial charge is 0.243 e. The highest BCUT2D eigenvalue weighted by Crippen LogP contribution is 2.30. The summed E-state index contributed by atoms with van der Waals surface area (Å²) in [7, 11) is -2.20. The second kappa shape index (κ2) is 16.3. The summed E-state index contributed by atoms with van der Waals surface area (Å²) in [5, 5.41) is 4.01. The summed E-state index contributed by atoms with van der Waals surface area (Å²) in [5.41, 5.74) is 2.03. The molecule has 0 unspecified atom stereocenters. The molecule has 1 fully saturated rings. The molecular weight excluding hydrogens is 633 g/mol. The maximum Gasteiger partial charge on any atom is 0.243 e. The summed E-state index contributed by atoms with van der Waals surface area (Å²) in [6.07, 6.45) is 6.79. The van der Waals surface area contributed by atoms with E-state index >= 15 is 0 Å². The lowest BCUT2D eigenvalue weighted by Crippen LogP contribution is -2.53. The van der Waals surface area contributed by atoms with Crippen LogP contribution in [0.25, 0.3) is 0 Å². The van der Waals surface area contributed by atoms with Crippen molar-refractivity contribution in [3.8, 4) is 5.75 Å². The van der Waals surface area contributed by atoms with Gasteiger partial charge in [0.25, 0.3) is 0 Å². The third kappa shape index (κ3) is 9.86. The summed E-state index contributed by atoms with van der Waals surface area (Å²) in [6.45, 7) is 0.183. The molecule has 0 spiro atoms. The first-order valence-corrected chi connectivity index (χ1v) is 17.9. The van der Waals surface area contributed by atoms with Gasteiger partial charge in [-0.15, -0.1) is 0 Å². The number of carbonyl (C=O) groups excluding carboxylic acids is 2. The van der Waals surface area contributed by atoms with E-state index in [-0.39, 0.29) is 48.8 Å². The van der Waals surface area contributed by atoms with Crippen LogP contribution in [-0.2, 0) is 32.6 Å². The molecule has 1 aliphatic rings. The number of nitrogens with one attached hydrogen (secondary N) is 1. The maximum absolute atomic E-state index is 14.1. The summed E-state index contributed by atoms with van der Waals surface area (Å²) < 4.78 is 32.0. The Hall–Kier alpha value is -3.27. The lowest BCUT2D eigenvalue weighted by atomic mass is 9.94. The third-order valence-electron chi connectivity index (χ3n) is 8.10. The number of hydrogen-bond donors (Lipinski definition) is 1. The second-order valence-corrected chi connectivity index (χ2v) is 14.1. The third-order valence-corrected chi connectivity index (χ3v) is 9.95. The molecule has 0 saturated heterocycles. The van der Waals surface area contributed by atoms with Crippen LogP contribution >= 0.6 is 23.2 Å². The summed E-state index contributed by atoms with van der Waals surface area (Å²) in [6, 6.07) is 20.9. The quantitative estimate of drug-likeness (QED) is 0.207. The van der Waals surface area contributed by atoms with E-state index in [1.165, 1.54) is 17.5 Å². The number of methoxy groups -OCH3 is 1. The van der Waals surface area contributed by atoms with Gasteiger partial charge in [-0.1, -0.05) is 91.0 Å². The highest BCUT2D eigenvalue weighted by Gasteiger charge is 2.32. The number of anilines is 1. The number of benzene rings is 3. The Morgan fingerprint density at radius 3 is 2.29 bits per heavy atom. The van der Waals surface area contributed by atoms with Crippen molar-refractivity contribution in [3.05, 3.63) is 94.0 Å². The van der Waals surface area contributed by atoms with E-state index in [0.717, 1.165) is 49.5 Å². The van der Waals surface area contributed by atoms with Crippen molar-refractivity contribution >= 4 is 50.7 Å². The molecule has 11 heteroatoms. The molecule has 0 heterocycles. The van der Waals surface area contributed by atoms with Crippen LogP contribution in [0.5, 0.6) is 5.75 Å². The van der Waals surface area contributed by atoms with E-state index in [1.54, 1.807) is 23.1 Å². The van der Waals surface area contributed by atoms with E-state index in [9.17, 15) is 18.0 Å². The SMILES string of the molecule is COc1ccc(N(CCCC(=O)N(Cc2ccccc2Cl)[C@H](Cc2ccccc2)C(=O)NC2CCCCC2)S(C)(=O)=O)cc1Cl. The normalized spacial score (nSPS) is 14.4. The zero-order valence-corrected chi connectivity index (χ0v) is 28.1. The van der Waals surface area contributed by atoms with Gasteiger partial charge in [0.1, 0.15) is 11.8 Å². The van der Waals surface area contributed by atoms with Gasteiger partial charge in [0.2, 0.25) is 21.8 Å². The molecule has 3 aromatic rings. The number of carbonyl (C=O) groups is 2. The molecule has 45 heavy (non-hydrogen) atoms. The van der Waals surface area contributed by atoms with E-state index in [1.807, 2.05) is 48.5 Å². The maximum atomic E-state index is 14.1. The molecule has 8 nitrogen and oxygen atoms in total. The fourth-order valence-corrected chi connectivity index (χ4v) is 7.13. The van der Waals surface area contributed by atoms with Gasteiger partial charge in [0, 0.05) is 37.0 Å². The van der Waals surface area contributed by atoms with Crippen molar-refractivity contribution in [3.63, 3.8) is 0 Å². The van der Waals surface area contributed by atoms with Gasteiger partial charge in [-0.25, -0.2) is 8.42 Å². The van der Waals surface area contributed by atoms with Crippen molar-refractivity contribution in [2.24, 2.45) is 0 Å². The molecule has 0 radical (unpaired) electrons. The van der Waals surface area contributed by atoms with Crippen LogP contribution in [0.15, 0.2) is 72.8 Å². The fraction of sp³-hybridized carbons (Fsp3) is 0.412. The van der Waals surface area contributed by atoms with Gasteiger partial charge in [-0.2, -0.15) is 0 Å². The number of rotatable bonds is 14. The van der Waals surface area contributed by atoms with Crippen LogP contribution in [0.1, 0.15) is 56.1 Å². The average Bonchev–Trinajstić information content (AvgIpc) is 3.02. The first-order chi connectivity index (χ1) is 21.6. The van der Waals surface area contributed by atoms with Gasteiger partial charge in [0.05, 0.1) is 24.1 Å². The van der Waals surface area contributed by atoms with Gasteiger partial charge in [0.15, 0.2) is 0 Å². The molecule has 1 aliphatic carbocycles. The minimum absolute atomic E-state index is 0.0162. The topological polar surface area (TPSA) is 96.0 Å². The molecule has 1 saturated carbocycles. The molecule has 1 atom stereocenters. The molecular formula is C34H41Cl2N3O5S. The Morgan fingerprint density at radius 2 is 1.64 bits per heavy atom. The second-order valence-electron chi connectivity index (χ2n) is 11.4. The number of ether oxygens (including phenoxy) is 1. The van der Waals surface area contributed by atoms with Crippen molar-refractivity contribution in [1.29, 1.82) is 0 Å². The van der Waals surface area contributed by atoms with Crippen LogP contribution in [0.2, 0.25) is 10.0 Å². The minimum atomic E-state index is -3.69. The Bertz CT molecular complexity index is 1550. The summed E-state index contributed by atoms with van der Waals surface area (Å²) in [5.74, 6) is -0.0390. The van der Waals surface area contributed by atoms with E-state index in [0.29, 0.717) is 22.9 Å². The van der Waals surface area contributed by atoms with Crippen molar-refractivity contribution in [2.45, 2.75) is 70.0 Å². The number of hydrogen-bond acceptors (Lipinski definition) is 5. The van der Waals surface area contributed by atoms with Crippen LogP contribution in [-0.4, -0.2) is 57.1 Å². The monoisotopic (exact) mass is 673 g/mol. The lowest BCUT2D eigenvalue weighted by Gasteiger charge is -2.34. The fourth-order valence-electron chi connectivity index (χ4n) is 5.72. The average molecular weight is 675 g/mol. The molecule has 0 aromatic heterocycles. The van der Waals surface area contributed by atoms with Crippen molar-refractivity contribution < 1.29 is 22.7 Å². The van der Waals surface area contributed by atoms with E-state index in [4.69, 9.17) is 27.9 Å². The molecule has 3 aromatic carbocycles. The Labute approximate surface area is 276 Å². The summed E-state index contributed by atoms with van der Waals surface area (Å²) in [4.78, 5) is 29.7. The van der Waals surface area contributed by atoms with Crippen LogP contribution in [0, 0.1) is 0 Å². The minimum Gasteiger partial charge on any atom is -0.495 e. The Kier molecular flexibility index (Phi) is 12.6. The first-order valence-electron chi connectivity index (χ1n) is 15.2. The number of sulfonamides is 1. The summed E-state index contributed by atoms with van der Waals surface area (Å²) >= 11 is 12.8. The Morgan fingerprint density at radius 1 is 0.956 bits per heavy atom. The standard InChI is InChI=1S/C34H41Cl2N3O5S/c1-44-32-20-19-28(23-30(32)36)39(45(2,42)43)21-11-18-33(40)38(24-26-14-9-10-17-29(26)35)31(22-25-12-5-3-6-13-25)34(41)37-27-15-7-4-8-16-27/h3,5-6,9-10,12-14,17,19-20,23,27,31H,4,7-8,11,15-16,18,21-22,24H2,1-2H3,(H,37,41)/t31-/m1/s1. The molecule has 0 aliphatic heterocycles. The zero-order chi connectivity index (χ0) is 32.4. The predicted octanol–water partition coefficient (Wildman–Crippen LogP) is 6.64. The number of nitrogens with zero attached hydrogens (tertiary/aromatic N) is 2. The zero-order valence-electron chi connectivity index (χ0n) is 25.8.